The fourth-order valence-corrected chi connectivity index (χ4v) is 4.39. The zero-order valence-corrected chi connectivity index (χ0v) is 15.4. The van der Waals surface area contributed by atoms with E-state index in [-0.39, 0.29) is 6.10 Å². The number of aromatic amines is 1. The number of aliphatic hydroxyl groups is 1. The summed E-state index contributed by atoms with van der Waals surface area (Å²) in [7, 11) is 0. The Hall–Kier alpha value is -1.83. The topological polar surface area (TPSA) is 94.3 Å². The number of piperidine rings is 1. The summed E-state index contributed by atoms with van der Waals surface area (Å²) in [5.74, 6) is 1.04. The number of rotatable bonds is 4. The van der Waals surface area contributed by atoms with Crippen LogP contribution >= 0.6 is 11.6 Å². The molecular weight excluding hydrogens is 352 g/mol. The lowest BCUT2D eigenvalue weighted by atomic mass is 9.99. The number of likely N-dealkylation sites (tertiary alicyclic amines) is 1. The Morgan fingerprint density at radius 3 is 2.62 bits per heavy atom. The van der Waals surface area contributed by atoms with Crippen LogP contribution in [0.5, 0.6) is 0 Å². The smallest absolute Gasteiger partial charge is 0.246 e. The number of benzene rings is 1. The molecule has 8 heteroatoms. The average Bonchev–Trinajstić information content (AvgIpc) is 3.23. The van der Waals surface area contributed by atoms with E-state index < -0.39 is 0 Å². The average molecular weight is 377 g/mol. The summed E-state index contributed by atoms with van der Waals surface area (Å²) in [6.45, 7) is 2.57. The van der Waals surface area contributed by atoms with Gasteiger partial charge >= 0.3 is 0 Å². The highest BCUT2D eigenvalue weighted by Gasteiger charge is 2.37. The molecule has 7 nitrogen and oxygen atoms in total. The van der Waals surface area contributed by atoms with Crippen molar-refractivity contribution in [2.75, 3.05) is 30.3 Å². The molecule has 4 N–H and O–H groups in total. The number of anilines is 2. The molecule has 2 fully saturated rings. The molecule has 1 aromatic carbocycles. The minimum atomic E-state index is -0.238. The second-order valence-corrected chi connectivity index (χ2v) is 7.75. The standard InChI is InChI=1S/C18H25ClN6O/c19-13-3-1-12(2-4-13)9-15-10-16(26)11-25(15)14-5-7-24(8-6-14)18-21-17(20)22-23-18/h1-4,14-16,26H,5-11H2,(H3,20,21,22,23)/t15-,16?/m0/s1. The van der Waals surface area contributed by atoms with Gasteiger partial charge in [-0.1, -0.05) is 23.7 Å². The van der Waals surface area contributed by atoms with Gasteiger partial charge in [0.15, 0.2) is 0 Å². The minimum Gasteiger partial charge on any atom is -0.392 e. The molecule has 0 saturated carbocycles. The molecule has 3 heterocycles. The summed E-state index contributed by atoms with van der Waals surface area (Å²) in [5.41, 5.74) is 6.90. The van der Waals surface area contributed by atoms with Crippen molar-refractivity contribution in [2.45, 2.75) is 43.9 Å². The lowest BCUT2D eigenvalue weighted by molar-refractivity contribution is 0.130. The summed E-state index contributed by atoms with van der Waals surface area (Å²) in [4.78, 5) is 8.89. The monoisotopic (exact) mass is 376 g/mol. The van der Waals surface area contributed by atoms with E-state index in [1.54, 1.807) is 0 Å². The summed E-state index contributed by atoms with van der Waals surface area (Å²) < 4.78 is 0. The van der Waals surface area contributed by atoms with Gasteiger partial charge in [-0.05, 0) is 43.4 Å². The van der Waals surface area contributed by atoms with Crippen LogP contribution in [0, 0.1) is 0 Å². The van der Waals surface area contributed by atoms with E-state index in [1.165, 1.54) is 5.56 Å². The van der Waals surface area contributed by atoms with Crippen LogP contribution in [-0.4, -0.2) is 63.0 Å². The first-order chi connectivity index (χ1) is 12.6. The summed E-state index contributed by atoms with van der Waals surface area (Å²) in [6, 6.07) is 8.91. The quantitative estimate of drug-likeness (QED) is 0.751. The van der Waals surface area contributed by atoms with Gasteiger partial charge in [0.25, 0.3) is 0 Å². The molecule has 0 spiro atoms. The Kier molecular flexibility index (Phi) is 5.02. The van der Waals surface area contributed by atoms with Gasteiger partial charge < -0.3 is 15.7 Å². The maximum Gasteiger partial charge on any atom is 0.246 e. The van der Waals surface area contributed by atoms with Crippen molar-refractivity contribution in [2.24, 2.45) is 0 Å². The van der Waals surface area contributed by atoms with Crippen molar-refractivity contribution in [1.29, 1.82) is 0 Å². The number of nitrogens with zero attached hydrogens (tertiary/aromatic N) is 4. The van der Waals surface area contributed by atoms with Gasteiger partial charge in [-0.3, -0.25) is 4.90 Å². The molecule has 0 bridgehead atoms. The van der Waals surface area contributed by atoms with E-state index in [0.29, 0.717) is 24.0 Å². The first-order valence-electron chi connectivity index (χ1n) is 9.19. The third kappa shape index (κ3) is 3.79. The molecule has 2 saturated heterocycles. The largest absolute Gasteiger partial charge is 0.392 e. The number of nitrogen functional groups attached to an aromatic ring is 1. The van der Waals surface area contributed by atoms with Crippen LogP contribution in [-0.2, 0) is 6.42 Å². The van der Waals surface area contributed by atoms with Crippen molar-refractivity contribution >= 4 is 23.5 Å². The predicted molar refractivity (Wildman–Crippen MR) is 102 cm³/mol. The maximum atomic E-state index is 10.2. The van der Waals surface area contributed by atoms with Gasteiger partial charge in [0.1, 0.15) is 0 Å². The first kappa shape index (κ1) is 17.6. The van der Waals surface area contributed by atoms with Crippen LogP contribution in [0.25, 0.3) is 0 Å². The SMILES string of the molecule is Nc1nc(N2CCC(N3CC(O)C[C@@H]3Cc3ccc(Cl)cc3)CC2)n[nH]1. The zero-order valence-electron chi connectivity index (χ0n) is 14.7. The molecule has 2 aliphatic heterocycles. The summed E-state index contributed by atoms with van der Waals surface area (Å²) in [5, 5.41) is 17.9. The second kappa shape index (κ2) is 7.42. The Morgan fingerprint density at radius 2 is 1.96 bits per heavy atom. The molecule has 1 aromatic heterocycles. The van der Waals surface area contributed by atoms with E-state index in [4.69, 9.17) is 17.3 Å². The molecular formula is C18H25ClN6O. The number of aromatic nitrogens is 3. The highest BCUT2D eigenvalue weighted by Crippen LogP contribution is 2.29. The molecule has 4 rings (SSSR count). The maximum absolute atomic E-state index is 10.2. The van der Waals surface area contributed by atoms with E-state index in [0.717, 1.165) is 50.3 Å². The third-order valence-corrected chi connectivity index (χ3v) is 5.78. The van der Waals surface area contributed by atoms with Crippen LogP contribution in [0.3, 0.4) is 0 Å². The van der Waals surface area contributed by atoms with E-state index in [9.17, 15) is 5.11 Å². The minimum absolute atomic E-state index is 0.238. The van der Waals surface area contributed by atoms with E-state index in [1.807, 2.05) is 12.1 Å². The van der Waals surface area contributed by atoms with Crippen LogP contribution in [0.15, 0.2) is 24.3 Å². The first-order valence-corrected chi connectivity index (χ1v) is 9.57. The highest BCUT2D eigenvalue weighted by atomic mass is 35.5. The number of hydrogen-bond donors (Lipinski definition) is 3. The van der Waals surface area contributed by atoms with Crippen molar-refractivity contribution in [3.05, 3.63) is 34.9 Å². The lowest BCUT2D eigenvalue weighted by Gasteiger charge is -2.39. The molecule has 26 heavy (non-hydrogen) atoms. The van der Waals surface area contributed by atoms with Gasteiger partial charge in [-0.25, -0.2) is 5.10 Å². The van der Waals surface area contributed by atoms with Crippen molar-refractivity contribution < 1.29 is 5.11 Å². The fraction of sp³-hybridized carbons (Fsp3) is 0.556. The number of aliphatic hydroxyl groups excluding tert-OH is 1. The molecule has 2 aliphatic rings. The summed E-state index contributed by atoms with van der Waals surface area (Å²) >= 11 is 5.99. The molecule has 0 aliphatic carbocycles. The normalized spacial score (nSPS) is 25.1. The van der Waals surface area contributed by atoms with Crippen LogP contribution < -0.4 is 10.6 Å². The van der Waals surface area contributed by atoms with Crippen LogP contribution in [0.4, 0.5) is 11.9 Å². The van der Waals surface area contributed by atoms with Gasteiger partial charge in [0.2, 0.25) is 11.9 Å². The van der Waals surface area contributed by atoms with Crippen molar-refractivity contribution in [3.63, 3.8) is 0 Å². The Bertz CT molecular complexity index is 728. The molecule has 0 amide bonds. The van der Waals surface area contributed by atoms with Gasteiger partial charge in [-0.15, -0.1) is 5.10 Å². The predicted octanol–water partition coefficient (Wildman–Crippen LogP) is 1.69. The Labute approximate surface area is 158 Å². The summed E-state index contributed by atoms with van der Waals surface area (Å²) in [6.07, 6.45) is 3.63. The number of β-amino-alcohol motifs (C(OH)–C–C–N with tert-alkyl or cyclic N) is 1. The Morgan fingerprint density at radius 1 is 1.23 bits per heavy atom. The number of nitrogens with one attached hydrogen (secondary N) is 1. The fourth-order valence-electron chi connectivity index (χ4n) is 4.26. The second-order valence-electron chi connectivity index (χ2n) is 7.31. The van der Waals surface area contributed by atoms with Crippen molar-refractivity contribution in [3.8, 4) is 0 Å². The van der Waals surface area contributed by atoms with Gasteiger partial charge in [0, 0.05) is 36.7 Å². The Balaban J connectivity index is 1.38. The van der Waals surface area contributed by atoms with Crippen molar-refractivity contribution in [1.82, 2.24) is 20.1 Å². The van der Waals surface area contributed by atoms with Gasteiger partial charge in [-0.2, -0.15) is 4.98 Å². The number of hydrogen-bond acceptors (Lipinski definition) is 6. The van der Waals surface area contributed by atoms with Gasteiger partial charge in [0.05, 0.1) is 6.10 Å². The highest BCUT2D eigenvalue weighted by molar-refractivity contribution is 6.30. The molecule has 0 radical (unpaired) electrons. The third-order valence-electron chi connectivity index (χ3n) is 5.53. The number of nitrogens with two attached hydrogens (primary N) is 1. The van der Waals surface area contributed by atoms with E-state index in [2.05, 4.69) is 37.1 Å². The van der Waals surface area contributed by atoms with Crippen LogP contribution in [0.2, 0.25) is 5.02 Å². The van der Waals surface area contributed by atoms with E-state index >= 15 is 0 Å². The molecule has 140 valence electrons. The molecule has 2 aromatic rings. The molecule has 1 unspecified atom stereocenters. The van der Waals surface area contributed by atoms with Crippen LogP contribution in [0.1, 0.15) is 24.8 Å². The number of halogens is 1. The number of H-pyrrole nitrogens is 1. The lowest BCUT2D eigenvalue weighted by Crippen LogP contribution is -2.47. The molecule has 2 atom stereocenters. The zero-order chi connectivity index (χ0) is 18.1.